The van der Waals surface area contributed by atoms with Gasteiger partial charge >= 0.3 is 0 Å². The molecular formula is C13H15N3. The number of nitrogens with one attached hydrogen (secondary N) is 1. The number of rotatable bonds is 1. The summed E-state index contributed by atoms with van der Waals surface area (Å²) in [6, 6.07) is 6.42. The first-order valence-corrected chi connectivity index (χ1v) is 5.76. The standard InChI is InChI=1S/C13H15N3/c1-9-2-3-11-12(6-9)15-8-16-13(11)10-4-5-14-7-10/h2-3,6,8,10,14H,4-5,7H2,1H3. The zero-order chi connectivity index (χ0) is 11.0. The number of nitrogens with zero attached hydrogens (tertiary/aromatic N) is 2. The molecule has 1 aliphatic heterocycles. The van der Waals surface area contributed by atoms with Crippen LogP contribution in [-0.4, -0.2) is 23.1 Å². The Morgan fingerprint density at radius 3 is 3.06 bits per heavy atom. The SMILES string of the molecule is Cc1ccc2c(C3CCNC3)ncnc2c1. The molecule has 1 aromatic heterocycles. The zero-order valence-electron chi connectivity index (χ0n) is 9.40. The Balaban J connectivity index is 2.16. The topological polar surface area (TPSA) is 37.8 Å². The van der Waals surface area contributed by atoms with Crippen LogP contribution in [0.1, 0.15) is 23.6 Å². The van der Waals surface area contributed by atoms with Crippen LogP contribution in [0.4, 0.5) is 0 Å². The summed E-state index contributed by atoms with van der Waals surface area (Å²) in [6.45, 7) is 4.24. The minimum absolute atomic E-state index is 0.549. The van der Waals surface area contributed by atoms with Crippen LogP contribution in [0.2, 0.25) is 0 Å². The Morgan fingerprint density at radius 2 is 2.25 bits per heavy atom. The van der Waals surface area contributed by atoms with Gasteiger partial charge in [0.25, 0.3) is 0 Å². The summed E-state index contributed by atoms with van der Waals surface area (Å²) in [5, 5.41) is 4.60. The third-order valence-corrected chi connectivity index (χ3v) is 3.27. The van der Waals surface area contributed by atoms with Gasteiger partial charge in [0.15, 0.2) is 0 Å². The third-order valence-electron chi connectivity index (χ3n) is 3.27. The number of fused-ring (bicyclic) bond motifs is 1. The summed E-state index contributed by atoms with van der Waals surface area (Å²) >= 11 is 0. The summed E-state index contributed by atoms with van der Waals surface area (Å²) in [7, 11) is 0. The van der Waals surface area contributed by atoms with Gasteiger partial charge in [0.1, 0.15) is 6.33 Å². The Bertz CT molecular complexity index is 516. The highest BCUT2D eigenvalue weighted by atomic mass is 14.9. The van der Waals surface area contributed by atoms with Crippen LogP contribution in [-0.2, 0) is 0 Å². The fourth-order valence-electron chi connectivity index (χ4n) is 2.40. The summed E-state index contributed by atoms with van der Waals surface area (Å²) in [4.78, 5) is 8.81. The lowest BCUT2D eigenvalue weighted by molar-refractivity contribution is 0.740. The predicted octanol–water partition coefficient (Wildman–Crippen LogP) is 2.02. The molecule has 0 spiro atoms. The van der Waals surface area contributed by atoms with E-state index in [1.54, 1.807) is 6.33 Å². The molecule has 1 aliphatic rings. The highest BCUT2D eigenvalue weighted by Gasteiger charge is 2.20. The Morgan fingerprint density at radius 1 is 1.31 bits per heavy atom. The molecule has 1 saturated heterocycles. The van der Waals surface area contributed by atoms with Crippen molar-refractivity contribution in [1.29, 1.82) is 0 Å². The van der Waals surface area contributed by atoms with Gasteiger partial charge in [-0.2, -0.15) is 0 Å². The maximum absolute atomic E-state index is 4.47. The molecule has 0 radical (unpaired) electrons. The fraction of sp³-hybridized carbons (Fsp3) is 0.385. The minimum atomic E-state index is 0.549. The van der Waals surface area contributed by atoms with Crippen molar-refractivity contribution in [1.82, 2.24) is 15.3 Å². The van der Waals surface area contributed by atoms with Gasteiger partial charge in [-0.3, -0.25) is 0 Å². The van der Waals surface area contributed by atoms with Crippen LogP contribution in [0.15, 0.2) is 24.5 Å². The maximum Gasteiger partial charge on any atom is 0.116 e. The number of aryl methyl sites for hydroxylation is 1. The van der Waals surface area contributed by atoms with Crippen molar-refractivity contribution < 1.29 is 0 Å². The predicted molar refractivity (Wildman–Crippen MR) is 64.5 cm³/mol. The average molecular weight is 213 g/mol. The molecular weight excluding hydrogens is 198 g/mol. The minimum Gasteiger partial charge on any atom is -0.316 e. The molecule has 3 rings (SSSR count). The van der Waals surface area contributed by atoms with Gasteiger partial charge in [-0.25, -0.2) is 9.97 Å². The monoisotopic (exact) mass is 213 g/mol. The van der Waals surface area contributed by atoms with Gasteiger partial charge in [-0.15, -0.1) is 0 Å². The first kappa shape index (κ1) is 9.73. The van der Waals surface area contributed by atoms with Crippen LogP contribution in [0.25, 0.3) is 10.9 Å². The van der Waals surface area contributed by atoms with Crippen molar-refractivity contribution in [2.75, 3.05) is 13.1 Å². The van der Waals surface area contributed by atoms with Gasteiger partial charge in [0.2, 0.25) is 0 Å². The average Bonchev–Trinajstić information content (AvgIpc) is 2.81. The van der Waals surface area contributed by atoms with Crippen LogP contribution < -0.4 is 5.32 Å². The van der Waals surface area contributed by atoms with E-state index < -0.39 is 0 Å². The summed E-state index contributed by atoms with van der Waals surface area (Å²) in [5.41, 5.74) is 3.52. The molecule has 16 heavy (non-hydrogen) atoms. The van der Waals surface area contributed by atoms with Crippen molar-refractivity contribution in [2.24, 2.45) is 0 Å². The molecule has 3 heteroatoms. The summed E-state index contributed by atoms with van der Waals surface area (Å²) < 4.78 is 0. The molecule has 1 unspecified atom stereocenters. The quantitative estimate of drug-likeness (QED) is 0.787. The molecule has 0 saturated carbocycles. The van der Waals surface area contributed by atoms with E-state index in [9.17, 15) is 0 Å². The lowest BCUT2D eigenvalue weighted by Gasteiger charge is -2.10. The van der Waals surface area contributed by atoms with Crippen molar-refractivity contribution >= 4 is 10.9 Å². The third kappa shape index (κ3) is 1.57. The molecule has 2 heterocycles. The van der Waals surface area contributed by atoms with Crippen LogP contribution in [0.5, 0.6) is 0 Å². The largest absolute Gasteiger partial charge is 0.316 e. The first-order valence-electron chi connectivity index (χ1n) is 5.76. The Hall–Kier alpha value is -1.48. The molecule has 0 aliphatic carbocycles. The van der Waals surface area contributed by atoms with Crippen molar-refractivity contribution in [3.8, 4) is 0 Å². The van der Waals surface area contributed by atoms with E-state index >= 15 is 0 Å². The summed E-state index contributed by atoms with van der Waals surface area (Å²) in [5.74, 6) is 0.549. The highest BCUT2D eigenvalue weighted by Crippen LogP contribution is 2.26. The van der Waals surface area contributed by atoms with E-state index in [2.05, 4.69) is 40.4 Å². The van der Waals surface area contributed by atoms with Crippen molar-refractivity contribution in [2.45, 2.75) is 19.3 Å². The number of hydrogen-bond donors (Lipinski definition) is 1. The van der Waals surface area contributed by atoms with E-state index in [1.165, 1.54) is 23.1 Å². The van der Waals surface area contributed by atoms with Crippen LogP contribution >= 0.6 is 0 Å². The molecule has 82 valence electrons. The molecule has 1 atom stereocenters. The lowest BCUT2D eigenvalue weighted by atomic mass is 9.99. The number of benzene rings is 1. The maximum atomic E-state index is 4.47. The van der Waals surface area contributed by atoms with Crippen LogP contribution in [0, 0.1) is 6.92 Å². The molecule has 1 fully saturated rings. The zero-order valence-corrected chi connectivity index (χ0v) is 9.40. The second-order valence-corrected chi connectivity index (χ2v) is 4.47. The second kappa shape index (κ2) is 3.83. The smallest absolute Gasteiger partial charge is 0.116 e. The lowest BCUT2D eigenvalue weighted by Crippen LogP contribution is -2.09. The van der Waals surface area contributed by atoms with E-state index in [0.717, 1.165) is 18.6 Å². The van der Waals surface area contributed by atoms with Crippen LogP contribution in [0.3, 0.4) is 0 Å². The number of hydrogen-bond acceptors (Lipinski definition) is 3. The molecule has 1 aromatic carbocycles. The van der Waals surface area contributed by atoms with Gasteiger partial charge < -0.3 is 5.32 Å². The highest BCUT2D eigenvalue weighted by molar-refractivity contribution is 5.81. The van der Waals surface area contributed by atoms with E-state index in [0.29, 0.717) is 5.92 Å². The van der Waals surface area contributed by atoms with E-state index in [4.69, 9.17) is 0 Å². The van der Waals surface area contributed by atoms with Crippen molar-refractivity contribution in [3.05, 3.63) is 35.8 Å². The van der Waals surface area contributed by atoms with Gasteiger partial charge in [-0.1, -0.05) is 12.1 Å². The first-order chi connectivity index (χ1) is 7.84. The van der Waals surface area contributed by atoms with E-state index in [-0.39, 0.29) is 0 Å². The number of aromatic nitrogens is 2. The second-order valence-electron chi connectivity index (χ2n) is 4.47. The van der Waals surface area contributed by atoms with Gasteiger partial charge in [0.05, 0.1) is 11.2 Å². The van der Waals surface area contributed by atoms with Gasteiger partial charge in [0, 0.05) is 17.8 Å². The molecule has 2 aromatic rings. The summed E-state index contributed by atoms with van der Waals surface area (Å²) in [6.07, 6.45) is 2.87. The molecule has 0 bridgehead atoms. The molecule has 3 nitrogen and oxygen atoms in total. The Kier molecular flexibility index (Phi) is 2.33. The van der Waals surface area contributed by atoms with Gasteiger partial charge in [-0.05, 0) is 31.5 Å². The van der Waals surface area contributed by atoms with Crippen molar-refractivity contribution in [3.63, 3.8) is 0 Å². The Labute approximate surface area is 94.9 Å². The molecule has 0 amide bonds. The van der Waals surface area contributed by atoms with E-state index in [1.807, 2.05) is 0 Å². The molecule has 1 N–H and O–H groups in total. The fourth-order valence-corrected chi connectivity index (χ4v) is 2.40. The normalized spacial score (nSPS) is 20.4.